The van der Waals surface area contributed by atoms with Crippen molar-refractivity contribution in [1.82, 2.24) is 15.1 Å². The Morgan fingerprint density at radius 2 is 1.51 bits per heavy atom. The molecule has 9 heteroatoms. The van der Waals surface area contributed by atoms with Crippen LogP contribution < -0.4 is 5.32 Å². The third kappa shape index (κ3) is 6.50. The largest absolute Gasteiger partial charge is 0.416 e. The molecule has 2 aliphatic rings. The number of aryl methyl sites for hydroxylation is 1. The van der Waals surface area contributed by atoms with Crippen molar-refractivity contribution in [1.29, 1.82) is 0 Å². The average molecular weight is 516 g/mol. The van der Waals surface area contributed by atoms with Gasteiger partial charge in [0, 0.05) is 37.3 Å². The van der Waals surface area contributed by atoms with Gasteiger partial charge in [-0.2, -0.15) is 13.2 Å². The number of rotatable bonds is 5. The molecule has 2 saturated heterocycles. The zero-order valence-electron chi connectivity index (χ0n) is 20.9. The fraction of sp³-hybridized carbons (Fsp3) is 0.464. The fourth-order valence-electron chi connectivity index (χ4n) is 5.12. The molecule has 0 aliphatic carbocycles. The highest BCUT2D eigenvalue weighted by atomic mass is 19.4. The van der Waals surface area contributed by atoms with E-state index in [1.54, 1.807) is 23.1 Å². The highest BCUT2D eigenvalue weighted by Crippen LogP contribution is 2.30. The lowest BCUT2D eigenvalue weighted by Gasteiger charge is -2.38. The number of amides is 3. The van der Waals surface area contributed by atoms with Gasteiger partial charge in [0.25, 0.3) is 11.8 Å². The summed E-state index contributed by atoms with van der Waals surface area (Å²) < 4.78 is 38.6. The Kier molecular flexibility index (Phi) is 8.19. The van der Waals surface area contributed by atoms with Crippen molar-refractivity contribution in [2.75, 3.05) is 26.2 Å². The van der Waals surface area contributed by atoms with E-state index >= 15 is 0 Å². The molecule has 3 amide bonds. The molecule has 6 nitrogen and oxygen atoms in total. The maximum absolute atomic E-state index is 13.5. The molecule has 198 valence electrons. The lowest BCUT2D eigenvalue weighted by Crippen LogP contribution is -2.55. The van der Waals surface area contributed by atoms with E-state index in [-0.39, 0.29) is 29.2 Å². The van der Waals surface area contributed by atoms with Crippen LogP contribution in [0.1, 0.15) is 63.9 Å². The van der Waals surface area contributed by atoms with Gasteiger partial charge in [-0.05, 0) is 81.3 Å². The maximum Gasteiger partial charge on any atom is 0.416 e. The number of halogens is 3. The SMILES string of the molecule is Cc1cccc(C(=O)NC(C(=O)N2CCCCC2)C2CCN(C(=O)c3ccc(C(F)(F)F)cc3)CC2)c1. The molecular formula is C28H32F3N3O3. The lowest BCUT2D eigenvalue weighted by molar-refractivity contribution is -0.137. The van der Waals surface area contributed by atoms with Crippen molar-refractivity contribution < 1.29 is 27.6 Å². The number of carbonyl (C=O) groups excluding carboxylic acids is 3. The van der Waals surface area contributed by atoms with E-state index in [1.807, 2.05) is 17.9 Å². The second kappa shape index (κ2) is 11.4. The summed E-state index contributed by atoms with van der Waals surface area (Å²) in [6, 6.07) is 10.7. The Hall–Kier alpha value is -3.36. The Morgan fingerprint density at radius 1 is 0.865 bits per heavy atom. The first-order chi connectivity index (χ1) is 17.6. The van der Waals surface area contributed by atoms with Crippen molar-refractivity contribution in [3.63, 3.8) is 0 Å². The van der Waals surface area contributed by atoms with E-state index in [0.29, 0.717) is 44.6 Å². The fourth-order valence-corrected chi connectivity index (χ4v) is 5.12. The minimum atomic E-state index is -4.46. The van der Waals surface area contributed by atoms with Gasteiger partial charge < -0.3 is 15.1 Å². The zero-order chi connectivity index (χ0) is 26.6. The molecular weight excluding hydrogens is 483 g/mol. The molecule has 1 unspecified atom stereocenters. The van der Waals surface area contributed by atoms with Crippen molar-refractivity contribution in [2.45, 2.75) is 51.2 Å². The minimum absolute atomic E-state index is 0.0896. The number of carbonyl (C=O) groups is 3. The van der Waals surface area contributed by atoms with Gasteiger partial charge in [-0.15, -0.1) is 0 Å². The minimum Gasteiger partial charge on any atom is -0.341 e. The first-order valence-electron chi connectivity index (χ1n) is 12.8. The monoisotopic (exact) mass is 515 g/mol. The first kappa shape index (κ1) is 26.7. The molecule has 2 aromatic rings. The quantitative estimate of drug-likeness (QED) is 0.629. The summed E-state index contributed by atoms with van der Waals surface area (Å²) in [4.78, 5) is 42.9. The van der Waals surface area contributed by atoms with E-state index < -0.39 is 17.8 Å². The lowest BCUT2D eigenvalue weighted by atomic mass is 9.87. The average Bonchev–Trinajstić information content (AvgIpc) is 2.91. The first-order valence-corrected chi connectivity index (χ1v) is 12.8. The number of nitrogens with one attached hydrogen (secondary N) is 1. The van der Waals surface area contributed by atoms with Crippen LogP contribution in [0.25, 0.3) is 0 Å². The molecule has 1 N–H and O–H groups in total. The topological polar surface area (TPSA) is 69.7 Å². The zero-order valence-corrected chi connectivity index (χ0v) is 20.9. The number of piperidine rings is 2. The Labute approximate surface area is 214 Å². The Morgan fingerprint density at radius 3 is 2.11 bits per heavy atom. The number of hydrogen-bond donors (Lipinski definition) is 1. The van der Waals surface area contributed by atoms with Crippen molar-refractivity contribution in [3.05, 3.63) is 70.8 Å². The normalized spacial score (nSPS) is 17.8. The van der Waals surface area contributed by atoms with E-state index in [1.165, 1.54) is 12.1 Å². The van der Waals surface area contributed by atoms with Crippen LogP contribution in [-0.4, -0.2) is 59.7 Å². The second-order valence-electron chi connectivity index (χ2n) is 9.91. The van der Waals surface area contributed by atoms with E-state index in [2.05, 4.69) is 5.32 Å². The molecule has 0 saturated carbocycles. The van der Waals surface area contributed by atoms with Gasteiger partial charge in [0.1, 0.15) is 6.04 Å². The summed E-state index contributed by atoms with van der Waals surface area (Å²) in [6.07, 6.45) is -0.503. The molecule has 2 aliphatic heterocycles. The van der Waals surface area contributed by atoms with E-state index in [4.69, 9.17) is 0 Å². The predicted molar refractivity (Wildman–Crippen MR) is 133 cm³/mol. The van der Waals surface area contributed by atoms with Gasteiger partial charge in [-0.1, -0.05) is 17.7 Å². The van der Waals surface area contributed by atoms with Crippen molar-refractivity contribution in [2.24, 2.45) is 5.92 Å². The summed E-state index contributed by atoms with van der Waals surface area (Å²) in [5, 5.41) is 2.98. The molecule has 4 rings (SSSR count). The van der Waals surface area contributed by atoms with Crippen LogP contribution in [0.3, 0.4) is 0 Å². The molecule has 0 spiro atoms. The summed E-state index contributed by atoms with van der Waals surface area (Å²) in [6.45, 7) is 3.95. The predicted octanol–water partition coefficient (Wildman–Crippen LogP) is 4.68. The van der Waals surface area contributed by atoms with Crippen LogP contribution in [0.5, 0.6) is 0 Å². The molecule has 0 radical (unpaired) electrons. The molecule has 1 atom stereocenters. The highest BCUT2D eigenvalue weighted by Gasteiger charge is 2.37. The van der Waals surface area contributed by atoms with Gasteiger partial charge in [0.15, 0.2) is 0 Å². The summed E-state index contributed by atoms with van der Waals surface area (Å²) >= 11 is 0. The number of benzene rings is 2. The second-order valence-corrected chi connectivity index (χ2v) is 9.91. The summed E-state index contributed by atoms with van der Waals surface area (Å²) in [7, 11) is 0. The number of nitrogens with zero attached hydrogens (tertiary/aromatic N) is 2. The Balaban J connectivity index is 1.45. The molecule has 0 bridgehead atoms. The Bertz CT molecular complexity index is 1120. The summed E-state index contributed by atoms with van der Waals surface area (Å²) in [5.74, 6) is -0.884. The highest BCUT2D eigenvalue weighted by molar-refractivity contribution is 5.98. The smallest absolute Gasteiger partial charge is 0.341 e. The van der Waals surface area contributed by atoms with Gasteiger partial charge in [-0.3, -0.25) is 14.4 Å². The van der Waals surface area contributed by atoms with Gasteiger partial charge in [0.2, 0.25) is 5.91 Å². The van der Waals surface area contributed by atoms with E-state index in [0.717, 1.165) is 37.0 Å². The van der Waals surface area contributed by atoms with Crippen LogP contribution >= 0.6 is 0 Å². The third-order valence-corrected chi connectivity index (χ3v) is 7.26. The van der Waals surface area contributed by atoms with Crippen molar-refractivity contribution >= 4 is 17.7 Å². The van der Waals surface area contributed by atoms with Crippen LogP contribution in [0.15, 0.2) is 48.5 Å². The number of likely N-dealkylation sites (tertiary alicyclic amines) is 2. The van der Waals surface area contributed by atoms with E-state index in [9.17, 15) is 27.6 Å². The number of hydrogen-bond acceptors (Lipinski definition) is 3. The van der Waals surface area contributed by atoms with Crippen LogP contribution in [0.4, 0.5) is 13.2 Å². The summed E-state index contributed by atoms with van der Waals surface area (Å²) in [5.41, 5.74) is 0.833. The van der Waals surface area contributed by atoms with Crippen LogP contribution in [0.2, 0.25) is 0 Å². The van der Waals surface area contributed by atoms with Crippen molar-refractivity contribution in [3.8, 4) is 0 Å². The maximum atomic E-state index is 13.5. The van der Waals surface area contributed by atoms with Gasteiger partial charge in [0.05, 0.1) is 5.56 Å². The molecule has 2 aromatic carbocycles. The van der Waals surface area contributed by atoms with Crippen LogP contribution in [-0.2, 0) is 11.0 Å². The van der Waals surface area contributed by atoms with Gasteiger partial charge >= 0.3 is 6.18 Å². The molecule has 2 fully saturated rings. The number of alkyl halides is 3. The van der Waals surface area contributed by atoms with Gasteiger partial charge in [-0.25, -0.2) is 0 Å². The third-order valence-electron chi connectivity index (χ3n) is 7.26. The van der Waals surface area contributed by atoms with Crippen LogP contribution in [0, 0.1) is 12.8 Å². The molecule has 0 aromatic heterocycles. The molecule has 2 heterocycles. The molecule has 37 heavy (non-hydrogen) atoms. The standard InChI is InChI=1S/C28H32F3N3O3/c1-19-6-5-7-22(18-19)25(35)32-24(27(37)33-14-3-2-4-15-33)20-12-16-34(17-13-20)26(36)21-8-10-23(11-9-21)28(29,30)31/h5-11,18,20,24H,2-4,12-17H2,1H3,(H,32,35).